The van der Waals surface area contributed by atoms with Crippen molar-refractivity contribution in [3.63, 3.8) is 0 Å². The smallest absolute Gasteiger partial charge is 0.291 e. The number of rotatable bonds is 7. The van der Waals surface area contributed by atoms with Crippen LogP contribution < -0.4 is 5.32 Å². The lowest BCUT2D eigenvalue weighted by atomic mass is 10.1. The van der Waals surface area contributed by atoms with E-state index in [1.165, 1.54) is 19.1 Å². The molecule has 0 spiro atoms. The van der Waals surface area contributed by atoms with Crippen molar-refractivity contribution in [1.29, 1.82) is 0 Å². The van der Waals surface area contributed by atoms with Gasteiger partial charge in [0.25, 0.3) is 18.8 Å². The third-order valence-electron chi connectivity index (χ3n) is 4.02. The summed E-state index contributed by atoms with van der Waals surface area (Å²) in [5, 5.41) is 6.03. The molecule has 29 heavy (non-hydrogen) atoms. The van der Waals surface area contributed by atoms with Crippen molar-refractivity contribution in [2.24, 2.45) is 0 Å². The second kappa shape index (κ2) is 8.29. The highest BCUT2D eigenvalue weighted by atomic mass is 19.3. The van der Waals surface area contributed by atoms with E-state index < -0.39 is 30.1 Å². The Bertz CT molecular complexity index is 1030. The second-order valence-electron chi connectivity index (χ2n) is 6.11. The van der Waals surface area contributed by atoms with Crippen LogP contribution in [0.3, 0.4) is 0 Å². The molecule has 0 saturated heterocycles. The van der Waals surface area contributed by atoms with Crippen LogP contribution in [0.4, 0.5) is 23.2 Å². The first-order chi connectivity index (χ1) is 13.7. The van der Waals surface area contributed by atoms with Crippen LogP contribution in [0.1, 0.15) is 57.8 Å². The number of aromatic nitrogens is 2. The van der Waals surface area contributed by atoms with E-state index in [1.807, 2.05) is 0 Å². The van der Waals surface area contributed by atoms with Gasteiger partial charge in [0.15, 0.2) is 11.5 Å². The van der Waals surface area contributed by atoms with Gasteiger partial charge in [-0.1, -0.05) is 0 Å². The molecule has 1 amide bonds. The van der Waals surface area contributed by atoms with Gasteiger partial charge in [-0.15, -0.1) is 0 Å². The van der Waals surface area contributed by atoms with Gasteiger partial charge in [-0.05, 0) is 49.4 Å². The molecule has 2 heterocycles. The van der Waals surface area contributed by atoms with E-state index in [0.717, 1.165) is 0 Å². The van der Waals surface area contributed by atoms with E-state index >= 15 is 0 Å². The average molecular weight is 409 g/mol. The lowest BCUT2D eigenvalue weighted by Crippen LogP contribution is -2.11. The fraction of sp³-hybridized carbons (Fsp3) is 0.211. The number of carbonyl (C=O) groups excluding carboxylic acids is 2. The highest BCUT2D eigenvalue weighted by molar-refractivity contribution is 6.02. The largest absolute Gasteiger partial charge is 0.454 e. The summed E-state index contributed by atoms with van der Waals surface area (Å²) in [6, 6.07) is 9.52. The molecule has 3 rings (SSSR count). The molecule has 0 atom stereocenters. The van der Waals surface area contributed by atoms with Crippen LogP contribution in [0.2, 0.25) is 0 Å². The van der Waals surface area contributed by atoms with Gasteiger partial charge in [-0.3, -0.25) is 14.3 Å². The molecule has 0 fully saturated rings. The van der Waals surface area contributed by atoms with Crippen LogP contribution in [0, 0.1) is 0 Å². The summed E-state index contributed by atoms with van der Waals surface area (Å²) in [6.45, 7) is 1.08. The standard InChI is InChI=1S/C19H15F4N3O3/c1-10(27)11-2-4-12(5-3-11)24-19(28)16-7-6-13(29-16)9-26-15(18(22)23)8-14(25-26)17(20)21/h2-8,17-18H,9H2,1H3,(H,24,28). The number of hydrogen-bond acceptors (Lipinski definition) is 4. The van der Waals surface area contributed by atoms with Crippen LogP contribution >= 0.6 is 0 Å². The topological polar surface area (TPSA) is 77.1 Å². The van der Waals surface area contributed by atoms with Crippen LogP contribution in [0.25, 0.3) is 0 Å². The average Bonchev–Trinajstić information content (AvgIpc) is 3.30. The Morgan fingerprint density at radius 1 is 1.07 bits per heavy atom. The zero-order valence-corrected chi connectivity index (χ0v) is 15.0. The summed E-state index contributed by atoms with van der Waals surface area (Å²) in [5.41, 5.74) is -0.529. The van der Waals surface area contributed by atoms with Gasteiger partial charge < -0.3 is 9.73 Å². The Morgan fingerprint density at radius 3 is 2.34 bits per heavy atom. The molecule has 0 aliphatic carbocycles. The lowest BCUT2D eigenvalue weighted by Gasteiger charge is -2.05. The van der Waals surface area contributed by atoms with Gasteiger partial charge in [-0.25, -0.2) is 17.6 Å². The number of ketones is 1. The van der Waals surface area contributed by atoms with Crippen molar-refractivity contribution in [3.05, 3.63) is 70.9 Å². The number of Topliss-reactive ketones (excluding diaryl/α,β-unsaturated/α-hetero) is 1. The number of halogens is 4. The minimum Gasteiger partial charge on any atom is -0.454 e. The molecule has 0 aliphatic rings. The first-order valence-electron chi connectivity index (χ1n) is 8.39. The molecule has 6 nitrogen and oxygen atoms in total. The summed E-state index contributed by atoms with van der Waals surface area (Å²) in [5.74, 6) is -0.728. The van der Waals surface area contributed by atoms with Gasteiger partial charge >= 0.3 is 0 Å². The molecule has 152 valence electrons. The highest BCUT2D eigenvalue weighted by Gasteiger charge is 2.22. The van der Waals surface area contributed by atoms with Crippen molar-refractivity contribution >= 4 is 17.4 Å². The van der Waals surface area contributed by atoms with E-state index in [1.54, 1.807) is 24.3 Å². The normalized spacial score (nSPS) is 11.3. The number of carbonyl (C=O) groups is 2. The molecule has 1 N–H and O–H groups in total. The van der Waals surface area contributed by atoms with Crippen molar-refractivity contribution in [2.45, 2.75) is 26.3 Å². The summed E-state index contributed by atoms with van der Waals surface area (Å²) in [7, 11) is 0. The summed E-state index contributed by atoms with van der Waals surface area (Å²) < 4.78 is 57.6. The minimum absolute atomic E-state index is 0.0906. The van der Waals surface area contributed by atoms with Gasteiger partial charge in [0.1, 0.15) is 17.1 Å². The fourth-order valence-corrected chi connectivity index (χ4v) is 2.57. The number of nitrogens with one attached hydrogen (secondary N) is 1. The van der Waals surface area contributed by atoms with E-state index in [0.29, 0.717) is 22.0 Å². The Morgan fingerprint density at radius 2 is 1.76 bits per heavy atom. The maximum atomic E-state index is 13.0. The maximum Gasteiger partial charge on any atom is 0.291 e. The maximum absolute atomic E-state index is 13.0. The number of anilines is 1. The molecule has 0 radical (unpaired) electrons. The SMILES string of the molecule is CC(=O)c1ccc(NC(=O)c2ccc(Cn3nc(C(F)F)cc3C(F)F)o2)cc1. The van der Waals surface area contributed by atoms with E-state index in [-0.39, 0.29) is 23.8 Å². The summed E-state index contributed by atoms with van der Waals surface area (Å²) >= 11 is 0. The number of alkyl halides is 4. The van der Waals surface area contributed by atoms with Crippen molar-refractivity contribution < 1.29 is 31.6 Å². The molecule has 3 aromatic rings. The molecule has 2 aromatic heterocycles. The molecular formula is C19H15F4N3O3. The second-order valence-corrected chi connectivity index (χ2v) is 6.11. The Kier molecular flexibility index (Phi) is 5.81. The third kappa shape index (κ3) is 4.71. The third-order valence-corrected chi connectivity index (χ3v) is 4.02. The Labute approximate surface area is 162 Å². The minimum atomic E-state index is -2.99. The number of furan rings is 1. The van der Waals surface area contributed by atoms with Crippen LogP contribution in [0.15, 0.2) is 46.9 Å². The zero-order chi connectivity index (χ0) is 21.1. The van der Waals surface area contributed by atoms with Crippen molar-refractivity contribution in [1.82, 2.24) is 9.78 Å². The Hall–Kier alpha value is -3.43. The number of nitrogens with zero attached hydrogens (tertiary/aromatic N) is 2. The van der Waals surface area contributed by atoms with Crippen LogP contribution in [0.5, 0.6) is 0 Å². The predicted octanol–water partition coefficient (Wildman–Crippen LogP) is 4.85. The van der Waals surface area contributed by atoms with E-state index in [4.69, 9.17) is 4.42 Å². The fourth-order valence-electron chi connectivity index (χ4n) is 2.57. The van der Waals surface area contributed by atoms with Gasteiger partial charge in [0, 0.05) is 11.3 Å². The quantitative estimate of drug-likeness (QED) is 0.447. The first-order valence-corrected chi connectivity index (χ1v) is 8.39. The van der Waals surface area contributed by atoms with Gasteiger partial charge in [-0.2, -0.15) is 5.10 Å². The molecular weight excluding hydrogens is 394 g/mol. The molecule has 0 aliphatic heterocycles. The first kappa shape index (κ1) is 20.3. The monoisotopic (exact) mass is 409 g/mol. The van der Waals surface area contributed by atoms with Gasteiger partial charge in [0.05, 0.1) is 6.54 Å². The molecule has 10 heteroatoms. The van der Waals surface area contributed by atoms with E-state index in [2.05, 4.69) is 10.4 Å². The number of benzene rings is 1. The van der Waals surface area contributed by atoms with Gasteiger partial charge in [0.2, 0.25) is 0 Å². The summed E-state index contributed by atoms with van der Waals surface area (Å²) in [6.07, 6.45) is -5.98. The van der Waals surface area contributed by atoms with Crippen molar-refractivity contribution in [2.75, 3.05) is 5.32 Å². The number of hydrogen-bond donors (Lipinski definition) is 1. The number of amides is 1. The zero-order valence-electron chi connectivity index (χ0n) is 15.0. The van der Waals surface area contributed by atoms with Crippen LogP contribution in [-0.2, 0) is 6.54 Å². The highest BCUT2D eigenvalue weighted by Crippen LogP contribution is 2.26. The Balaban J connectivity index is 1.72. The van der Waals surface area contributed by atoms with Crippen molar-refractivity contribution in [3.8, 4) is 0 Å². The van der Waals surface area contributed by atoms with E-state index in [9.17, 15) is 27.2 Å². The lowest BCUT2D eigenvalue weighted by molar-refractivity contribution is 0.0992. The molecule has 0 unspecified atom stereocenters. The van der Waals surface area contributed by atoms with Crippen LogP contribution in [-0.4, -0.2) is 21.5 Å². The summed E-state index contributed by atoms with van der Waals surface area (Å²) in [4.78, 5) is 23.5. The molecule has 1 aromatic carbocycles. The predicted molar refractivity (Wildman–Crippen MR) is 94.4 cm³/mol. The molecule has 0 saturated carbocycles. The molecule has 0 bridgehead atoms.